The van der Waals surface area contributed by atoms with Gasteiger partial charge in [0.25, 0.3) is 0 Å². The normalized spacial score (nSPS) is 13.7. The van der Waals surface area contributed by atoms with E-state index in [4.69, 9.17) is 10.2 Å². The average molecular weight is 291 g/mol. The maximum atomic E-state index is 12.1. The third kappa shape index (κ3) is 3.75. The van der Waals surface area contributed by atoms with Crippen molar-refractivity contribution in [1.29, 1.82) is 0 Å². The second kappa shape index (κ2) is 6.13. The van der Waals surface area contributed by atoms with Crippen molar-refractivity contribution in [1.82, 2.24) is 14.1 Å². The minimum Gasteiger partial charge on any atom is -0.481 e. The highest BCUT2D eigenvalue weighted by Crippen LogP contribution is 2.15. The van der Waals surface area contributed by atoms with E-state index in [9.17, 15) is 13.2 Å². The Morgan fingerprint density at radius 2 is 2.21 bits per heavy atom. The van der Waals surface area contributed by atoms with E-state index in [0.29, 0.717) is 0 Å². The van der Waals surface area contributed by atoms with E-state index in [1.54, 1.807) is 6.92 Å². The lowest BCUT2D eigenvalue weighted by Gasteiger charge is -2.21. The molecule has 0 aliphatic carbocycles. The molecule has 0 saturated carbocycles. The van der Waals surface area contributed by atoms with Gasteiger partial charge in [-0.05, 0) is 6.92 Å². The highest BCUT2D eigenvalue weighted by atomic mass is 32.2. The van der Waals surface area contributed by atoms with Gasteiger partial charge in [0, 0.05) is 19.3 Å². The summed E-state index contributed by atoms with van der Waals surface area (Å²) in [5.74, 6) is -0.981. The minimum atomic E-state index is -3.73. The van der Waals surface area contributed by atoms with Gasteiger partial charge in [0.2, 0.25) is 10.0 Å². The van der Waals surface area contributed by atoms with Crippen LogP contribution in [0.1, 0.15) is 13.3 Å². The van der Waals surface area contributed by atoms with E-state index in [1.807, 2.05) is 0 Å². The highest BCUT2D eigenvalue weighted by Gasteiger charge is 2.26. The molecule has 0 radical (unpaired) electrons. The van der Waals surface area contributed by atoms with Gasteiger partial charge < -0.3 is 10.2 Å². The van der Waals surface area contributed by atoms with Crippen LogP contribution in [0.15, 0.2) is 17.3 Å². The Labute approximate surface area is 111 Å². The van der Waals surface area contributed by atoms with Crippen LogP contribution < -0.4 is 0 Å². The van der Waals surface area contributed by atoms with Crippen molar-refractivity contribution in [2.45, 2.75) is 30.8 Å². The lowest BCUT2D eigenvalue weighted by atomic mass is 10.4. The number of aliphatic hydroxyl groups excluding tert-OH is 1. The number of hydrogen-bond acceptors (Lipinski definition) is 5. The molecule has 2 N–H and O–H groups in total. The first-order chi connectivity index (χ1) is 8.78. The number of hydrogen-bond donors (Lipinski definition) is 2. The van der Waals surface area contributed by atoms with Crippen LogP contribution in [0.2, 0.25) is 0 Å². The Morgan fingerprint density at radius 3 is 2.74 bits per heavy atom. The highest BCUT2D eigenvalue weighted by molar-refractivity contribution is 7.89. The van der Waals surface area contributed by atoms with Gasteiger partial charge >= 0.3 is 5.97 Å². The molecule has 1 rings (SSSR count). The van der Waals surface area contributed by atoms with Gasteiger partial charge in [0.15, 0.2) is 0 Å². The molecule has 9 heteroatoms. The fourth-order valence-electron chi connectivity index (χ4n) is 1.33. The quantitative estimate of drug-likeness (QED) is 0.691. The first kappa shape index (κ1) is 15.6. The van der Waals surface area contributed by atoms with E-state index >= 15 is 0 Å². The summed E-state index contributed by atoms with van der Waals surface area (Å²) in [6.07, 6.45) is 2.31. The van der Waals surface area contributed by atoms with E-state index in [-0.39, 0.29) is 24.5 Å². The van der Waals surface area contributed by atoms with Crippen molar-refractivity contribution in [2.24, 2.45) is 0 Å². The number of rotatable bonds is 7. The Balaban J connectivity index is 2.88. The Kier molecular flexibility index (Phi) is 5.04. The summed E-state index contributed by atoms with van der Waals surface area (Å²) in [4.78, 5) is 10.4. The van der Waals surface area contributed by atoms with Gasteiger partial charge in [0.05, 0.1) is 25.8 Å². The molecule has 1 heterocycles. The molecule has 1 aromatic rings. The Bertz CT molecular complexity index is 539. The molecule has 0 aliphatic rings. The zero-order valence-corrected chi connectivity index (χ0v) is 11.5. The number of likely N-dealkylation sites (N-methyl/N-ethyl adjacent to an activating group) is 1. The fraction of sp³-hybridized carbons (Fsp3) is 0.600. The predicted octanol–water partition coefficient (Wildman–Crippen LogP) is -0.641. The topological polar surface area (TPSA) is 113 Å². The van der Waals surface area contributed by atoms with Crippen molar-refractivity contribution in [3.05, 3.63) is 12.4 Å². The Hall–Kier alpha value is -1.45. The van der Waals surface area contributed by atoms with Crippen LogP contribution in [-0.2, 0) is 21.4 Å². The molecular formula is C10H17N3O5S. The Morgan fingerprint density at radius 1 is 1.58 bits per heavy atom. The number of aromatic nitrogens is 2. The van der Waals surface area contributed by atoms with Crippen LogP contribution in [0.3, 0.4) is 0 Å². The number of aryl methyl sites for hydroxylation is 1. The van der Waals surface area contributed by atoms with E-state index < -0.39 is 22.0 Å². The molecule has 1 unspecified atom stereocenters. The molecule has 0 aromatic carbocycles. The number of carboxylic acid groups (broad SMARTS) is 1. The van der Waals surface area contributed by atoms with Gasteiger partial charge in [-0.15, -0.1) is 0 Å². The molecule has 8 nitrogen and oxygen atoms in total. The summed E-state index contributed by atoms with van der Waals surface area (Å²) in [6, 6.07) is -0.549. The molecule has 1 atom stereocenters. The van der Waals surface area contributed by atoms with Crippen LogP contribution in [0.4, 0.5) is 0 Å². The van der Waals surface area contributed by atoms with Gasteiger partial charge in [-0.25, -0.2) is 8.42 Å². The number of nitrogens with zero attached hydrogens (tertiary/aromatic N) is 3. The van der Waals surface area contributed by atoms with Crippen molar-refractivity contribution in [3.63, 3.8) is 0 Å². The van der Waals surface area contributed by atoms with Gasteiger partial charge in [-0.3, -0.25) is 9.48 Å². The summed E-state index contributed by atoms with van der Waals surface area (Å²) in [7, 11) is -2.36. The fourth-order valence-corrected chi connectivity index (χ4v) is 2.64. The SMILES string of the molecule is CC(CO)N(C)S(=O)(=O)c1cnn(CCC(=O)O)c1. The third-order valence-corrected chi connectivity index (χ3v) is 4.65. The standard InChI is InChI=1S/C10H17N3O5S/c1-8(7-14)12(2)19(17,18)9-5-11-13(6-9)4-3-10(15)16/h5-6,8,14H,3-4,7H2,1-2H3,(H,15,16). The van der Waals surface area contributed by atoms with Crippen LogP contribution in [0, 0.1) is 0 Å². The average Bonchev–Trinajstić information content (AvgIpc) is 2.83. The lowest BCUT2D eigenvalue weighted by Crippen LogP contribution is -2.37. The van der Waals surface area contributed by atoms with Crippen molar-refractivity contribution in [3.8, 4) is 0 Å². The number of aliphatic carboxylic acids is 1. The monoisotopic (exact) mass is 291 g/mol. The second-order valence-electron chi connectivity index (χ2n) is 4.14. The summed E-state index contributed by atoms with van der Waals surface area (Å²) in [6.45, 7) is 1.39. The van der Waals surface area contributed by atoms with Crippen LogP contribution in [0.5, 0.6) is 0 Å². The molecule has 1 aromatic heterocycles. The predicted molar refractivity (Wildman–Crippen MR) is 66.0 cm³/mol. The number of carbonyl (C=O) groups is 1. The maximum Gasteiger partial charge on any atom is 0.305 e. The molecule has 0 aliphatic heterocycles. The lowest BCUT2D eigenvalue weighted by molar-refractivity contribution is -0.137. The van der Waals surface area contributed by atoms with Crippen LogP contribution >= 0.6 is 0 Å². The smallest absolute Gasteiger partial charge is 0.305 e. The first-order valence-corrected chi connectivity index (χ1v) is 7.06. The number of sulfonamides is 1. The minimum absolute atomic E-state index is 0.0271. The van der Waals surface area contributed by atoms with Gasteiger partial charge in [-0.2, -0.15) is 9.40 Å². The summed E-state index contributed by atoms with van der Waals surface area (Å²) >= 11 is 0. The van der Waals surface area contributed by atoms with Gasteiger partial charge in [-0.1, -0.05) is 0 Å². The molecule has 0 amide bonds. The van der Waals surface area contributed by atoms with Gasteiger partial charge in [0.1, 0.15) is 4.90 Å². The molecule has 108 valence electrons. The van der Waals surface area contributed by atoms with E-state index in [2.05, 4.69) is 5.10 Å². The largest absolute Gasteiger partial charge is 0.481 e. The van der Waals surface area contributed by atoms with Crippen LogP contribution in [0.25, 0.3) is 0 Å². The molecule has 0 spiro atoms. The van der Waals surface area contributed by atoms with E-state index in [0.717, 1.165) is 10.5 Å². The molecule has 0 saturated heterocycles. The van der Waals surface area contributed by atoms with Crippen molar-refractivity contribution >= 4 is 16.0 Å². The zero-order valence-electron chi connectivity index (χ0n) is 10.7. The summed E-state index contributed by atoms with van der Waals surface area (Å²) in [5.41, 5.74) is 0. The molecular weight excluding hydrogens is 274 g/mol. The van der Waals surface area contributed by atoms with Crippen molar-refractivity contribution in [2.75, 3.05) is 13.7 Å². The summed E-state index contributed by atoms with van der Waals surface area (Å²) < 4.78 is 26.6. The number of aliphatic hydroxyl groups is 1. The third-order valence-electron chi connectivity index (χ3n) is 2.73. The van der Waals surface area contributed by atoms with E-state index in [1.165, 1.54) is 17.9 Å². The molecule has 19 heavy (non-hydrogen) atoms. The zero-order chi connectivity index (χ0) is 14.6. The molecule has 0 fully saturated rings. The van der Waals surface area contributed by atoms with Crippen molar-refractivity contribution < 1.29 is 23.4 Å². The first-order valence-electron chi connectivity index (χ1n) is 5.62. The second-order valence-corrected chi connectivity index (χ2v) is 6.13. The maximum absolute atomic E-state index is 12.1. The molecule has 0 bridgehead atoms. The summed E-state index contributed by atoms with van der Waals surface area (Å²) in [5, 5.41) is 21.3. The number of carboxylic acids is 1. The van der Waals surface area contributed by atoms with Crippen LogP contribution in [-0.4, -0.2) is 58.4 Å².